The van der Waals surface area contributed by atoms with E-state index in [1.165, 1.54) is 19.1 Å². The molecule has 0 bridgehead atoms. The second-order valence-electron chi connectivity index (χ2n) is 4.00. The highest BCUT2D eigenvalue weighted by Gasteiger charge is 2.16. The Morgan fingerprint density at radius 3 is 2.78 bits per heavy atom. The van der Waals surface area contributed by atoms with Crippen molar-refractivity contribution in [2.45, 2.75) is 32.5 Å². The smallest absolute Gasteiger partial charge is 0.260 e. The lowest BCUT2D eigenvalue weighted by molar-refractivity contribution is -0.127. The molecule has 0 aliphatic heterocycles. The Labute approximate surface area is 106 Å². The Kier molecular flexibility index (Phi) is 5.58. The van der Waals surface area contributed by atoms with Crippen LogP contribution in [0.2, 0.25) is 0 Å². The van der Waals surface area contributed by atoms with Gasteiger partial charge in [0.1, 0.15) is 0 Å². The van der Waals surface area contributed by atoms with Crippen molar-refractivity contribution in [2.24, 2.45) is 0 Å². The third kappa shape index (κ3) is 4.33. The minimum atomic E-state index is -0.814. The zero-order valence-electron chi connectivity index (χ0n) is 10.5. The predicted molar refractivity (Wildman–Crippen MR) is 65.8 cm³/mol. The molecule has 2 atom stereocenters. The number of para-hydroxylation sites is 1. The fraction of sp³-hybridized carbons (Fsp3) is 0.462. The molecular formula is C13H18FNO3. The van der Waals surface area contributed by atoms with Crippen LogP contribution in [0.5, 0.6) is 5.75 Å². The normalized spacial score (nSPS) is 13.8. The minimum absolute atomic E-state index is 0.0381. The molecule has 0 radical (unpaired) electrons. The SMILES string of the molecule is CCC(O)CNC(=O)C(C)Oc1ccccc1F. The summed E-state index contributed by atoms with van der Waals surface area (Å²) in [5.41, 5.74) is 0. The highest BCUT2D eigenvalue weighted by Crippen LogP contribution is 2.16. The number of hydrogen-bond donors (Lipinski definition) is 2. The summed E-state index contributed by atoms with van der Waals surface area (Å²) in [5, 5.41) is 11.8. The number of halogens is 1. The van der Waals surface area contributed by atoms with Crippen LogP contribution in [0.3, 0.4) is 0 Å². The highest BCUT2D eigenvalue weighted by atomic mass is 19.1. The van der Waals surface area contributed by atoms with E-state index < -0.39 is 18.0 Å². The van der Waals surface area contributed by atoms with Crippen LogP contribution in [0.1, 0.15) is 20.3 Å². The Bertz CT molecular complexity index is 398. The summed E-state index contributed by atoms with van der Waals surface area (Å²) in [6.07, 6.45) is -0.830. The first-order valence-electron chi connectivity index (χ1n) is 5.91. The topological polar surface area (TPSA) is 58.6 Å². The molecule has 18 heavy (non-hydrogen) atoms. The molecule has 4 nitrogen and oxygen atoms in total. The summed E-state index contributed by atoms with van der Waals surface area (Å²) in [5.74, 6) is -0.854. The molecule has 2 N–H and O–H groups in total. The van der Waals surface area contributed by atoms with Gasteiger partial charge in [-0.2, -0.15) is 0 Å². The summed E-state index contributed by atoms with van der Waals surface area (Å²) in [6.45, 7) is 3.51. The number of aliphatic hydroxyl groups excluding tert-OH is 1. The maximum atomic E-state index is 13.3. The van der Waals surface area contributed by atoms with E-state index in [1.807, 2.05) is 6.92 Å². The van der Waals surface area contributed by atoms with E-state index in [2.05, 4.69) is 5.32 Å². The molecule has 0 fully saturated rings. The van der Waals surface area contributed by atoms with E-state index in [0.29, 0.717) is 6.42 Å². The van der Waals surface area contributed by atoms with Gasteiger partial charge < -0.3 is 15.2 Å². The molecule has 5 heteroatoms. The number of aliphatic hydroxyl groups is 1. The van der Waals surface area contributed by atoms with Crippen molar-refractivity contribution in [1.82, 2.24) is 5.32 Å². The second kappa shape index (κ2) is 6.96. The van der Waals surface area contributed by atoms with Gasteiger partial charge >= 0.3 is 0 Å². The number of ether oxygens (including phenoxy) is 1. The summed E-state index contributed by atoms with van der Waals surface area (Å²) in [6, 6.07) is 5.90. The summed E-state index contributed by atoms with van der Waals surface area (Å²) >= 11 is 0. The molecule has 0 aliphatic carbocycles. The zero-order chi connectivity index (χ0) is 13.5. The van der Waals surface area contributed by atoms with Crippen molar-refractivity contribution in [3.05, 3.63) is 30.1 Å². The van der Waals surface area contributed by atoms with Crippen molar-refractivity contribution >= 4 is 5.91 Å². The van der Waals surface area contributed by atoms with E-state index in [9.17, 15) is 14.3 Å². The summed E-state index contributed by atoms with van der Waals surface area (Å²) in [7, 11) is 0. The molecule has 0 saturated carbocycles. The number of nitrogens with one attached hydrogen (secondary N) is 1. The standard InChI is InChI=1S/C13H18FNO3/c1-3-10(16)8-15-13(17)9(2)18-12-7-5-4-6-11(12)14/h4-7,9-10,16H,3,8H2,1-2H3,(H,15,17). The van der Waals surface area contributed by atoms with Gasteiger partial charge in [-0.25, -0.2) is 4.39 Å². The van der Waals surface area contributed by atoms with Gasteiger partial charge in [0.05, 0.1) is 6.10 Å². The monoisotopic (exact) mass is 255 g/mol. The average molecular weight is 255 g/mol. The number of benzene rings is 1. The number of rotatable bonds is 6. The molecule has 2 unspecified atom stereocenters. The van der Waals surface area contributed by atoms with Crippen LogP contribution in [0.25, 0.3) is 0 Å². The molecule has 0 spiro atoms. The van der Waals surface area contributed by atoms with E-state index in [-0.39, 0.29) is 18.2 Å². The summed E-state index contributed by atoms with van der Waals surface area (Å²) in [4.78, 5) is 11.6. The van der Waals surface area contributed by atoms with E-state index in [0.717, 1.165) is 0 Å². The minimum Gasteiger partial charge on any atom is -0.478 e. The van der Waals surface area contributed by atoms with Gasteiger partial charge in [0.15, 0.2) is 17.7 Å². The van der Waals surface area contributed by atoms with E-state index >= 15 is 0 Å². The Hall–Kier alpha value is -1.62. The first kappa shape index (κ1) is 14.4. The third-order valence-electron chi connectivity index (χ3n) is 2.49. The lowest BCUT2D eigenvalue weighted by Crippen LogP contribution is -2.40. The van der Waals surface area contributed by atoms with Crippen molar-refractivity contribution in [3.63, 3.8) is 0 Å². The molecule has 0 heterocycles. The van der Waals surface area contributed by atoms with E-state index in [4.69, 9.17) is 4.74 Å². The van der Waals surface area contributed by atoms with Gasteiger partial charge in [-0.1, -0.05) is 19.1 Å². The van der Waals surface area contributed by atoms with Gasteiger partial charge in [-0.3, -0.25) is 4.79 Å². The van der Waals surface area contributed by atoms with Crippen LogP contribution in [0.15, 0.2) is 24.3 Å². The average Bonchev–Trinajstić information content (AvgIpc) is 2.38. The Morgan fingerprint density at radius 2 is 2.17 bits per heavy atom. The van der Waals surface area contributed by atoms with Crippen LogP contribution < -0.4 is 10.1 Å². The molecule has 1 aromatic rings. The van der Waals surface area contributed by atoms with Gasteiger partial charge in [-0.15, -0.1) is 0 Å². The fourth-order valence-electron chi connectivity index (χ4n) is 1.29. The molecular weight excluding hydrogens is 237 g/mol. The number of amides is 1. The van der Waals surface area contributed by atoms with Crippen LogP contribution >= 0.6 is 0 Å². The molecule has 0 aliphatic rings. The van der Waals surface area contributed by atoms with Crippen LogP contribution in [-0.4, -0.2) is 29.8 Å². The van der Waals surface area contributed by atoms with E-state index in [1.54, 1.807) is 12.1 Å². The van der Waals surface area contributed by atoms with Crippen LogP contribution in [0, 0.1) is 5.82 Å². The quantitative estimate of drug-likeness (QED) is 0.809. The predicted octanol–water partition coefficient (Wildman–Crippen LogP) is 1.48. The first-order valence-corrected chi connectivity index (χ1v) is 5.91. The number of carbonyl (C=O) groups excluding carboxylic acids is 1. The molecule has 0 saturated heterocycles. The maximum Gasteiger partial charge on any atom is 0.260 e. The molecule has 1 amide bonds. The maximum absolute atomic E-state index is 13.3. The largest absolute Gasteiger partial charge is 0.478 e. The molecule has 0 aromatic heterocycles. The Balaban J connectivity index is 2.47. The lowest BCUT2D eigenvalue weighted by Gasteiger charge is -2.16. The molecule has 1 rings (SSSR count). The zero-order valence-corrected chi connectivity index (χ0v) is 10.5. The highest BCUT2D eigenvalue weighted by molar-refractivity contribution is 5.80. The van der Waals surface area contributed by atoms with Gasteiger partial charge in [0.25, 0.3) is 5.91 Å². The van der Waals surface area contributed by atoms with Crippen molar-refractivity contribution in [3.8, 4) is 5.75 Å². The Morgan fingerprint density at radius 1 is 1.50 bits per heavy atom. The van der Waals surface area contributed by atoms with Crippen LogP contribution in [0.4, 0.5) is 4.39 Å². The van der Waals surface area contributed by atoms with Crippen molar-refractivity contribution in [2.75, 3.05) is 6.54 Å². The molecule has 1 aromatic carbocycles. The van der Waals surface area contributed by atoms with Crippen molar-refractivity contribution in [1.29, 1.82) is 0 Å². The van der Waals surface area contributed by atoms with Gasteiger partial charge in [0, 0.05) is 6.54 Å². The van der Waals surface area contributed by atoms with Crippen LogP contribution in [-0.2, 0) is 4.79 Å². The first-order chi connectivity index (χ1) is 8.54. The van der Waals surface area contributed by atoms with Gasteiger partial charge in [-0.05, 0) is 25.5 Å². The number of carbonyl (C=O) groups is 1. The molecule has 100 valence electrons. The summed E-state index contributed by atoms with van der Waals surface area (Å²) < 4.78 is 18.5. The third-order valence-corrected chi connectivity index (χ3v) is 2.49. The number of hydrogen-bond acceptors (Lipinski definition) is 3. The second-order valence-corrected chi connectivity index (χ2v) is 4.00. The fourth-order valence-corrected chi connectivity index (χ4v) is 1.29. The van der Waals surface area contributed by atoms with Crippen molar-refractivity contribution < 1.29 is 19.0 Å². The van der Waals surface area contributed by atoms with Gasteiger partial charge in [0.2, 0.25) is 0 Å². The lowest BCUT2D eigenvalue weighted by atomic mass is 10.2.